The van der Waals surface area contributed by atoms with Crippen LogP contribution in [0.5, 0.6) is 0 Å². The highest BCUT2D eigenvalue weighted by atomic mass is 35.5. The lowest BCUT2D eigenvalue weighted by atomic mass is 9.78. The number of carbonyl (C=O) groups is 2. The molecule has 1 saturated heterocycles. The van der Waals surface area contributed by atoms with Crippen molar-refractivity contribution in [3.8, 4) is 0 Å². The number of amides is 2. The molecule has 3 nitrogen and oxygen atoms in total. The van der Waals surface area contributed by atoms with Crippen LogP contribution in [0.3, 0.4) is 0 Å². The first-order valence-electron chi connectivity index (χ1n) is 6.88. The van der Waals surface area contributed by atoms with Crippen LogP contribution >= 0.6 is 23.2 Å². The Balaban J connectivity index is 1.98. The van der Waals surface area contributed by atoms with Gasteiger partial charge in [-0.1, -0.05) is 34.3 Å². The van der Waals surface area contributed by atoms with Crippen molar-refractivity contribution >= 4 is 40.7 Å². The Morgan fingerprint density at radius 2 is 1.48 bits per heavy atom. The zero-order chi connectivity index (χ0) is 15.3. The van der Waals surface area contributed by atoms with E-state index in [0.29, 0.717) is 28.6 Å². The van der Waals surface area contributed by atoms with Crippen molar-refractivity contribution in [1.82, 2.24) is 0 Å². The van der Waals surface area contributed by atoms with Gasteiger partial charge in [-0.25, -0.2) is 4.90 Å². The van der Waals surface area contributed by atoms with E-state index in [-0.39, 0.29) is 23.7 Å². The Kier molecular flexibility index (Phi) is 3.58. The fraction of sp³-hybridized carbons (Fsp3) is 0.375. The number of fused-ring (bicyclic) bond motifs is 1. The molecule has 0 saturated carbocycles. The van der Waals surface area contributed by atoms with Crippen molar-refractivity contribution in [3.05, 3.63) is 39.4 Å². The lowest BCUT2D eigenvalue weighted by molar-refractivity contribution is -0.122. The number of benzene rings is 1. The summed E-state index contributed by atoms with van der Waals surface area (Å²) in [5.41, 5.74) is 2.94. The summed E-state index contributed by atoms with van der Waals surface area (Å²) in [6.45, 7) is 4.07. The van der Waals surface area contributed by atoms with Gasteiger partial charge in [-0.2, -0.15) is 0 Å². The van der Waals surface area contributed by atoms with Crippen LogP contribution in [-0.2, 0) is 9.59 Å². The minimum atomic E-state index is -0.240. The van der Waals surface area contributed by atoms with Crippen molar-refractivity contribution < 1.29 is 9.59 Å². The average Bonchev–Trinajstić information content (AvgIpc) is 2.66. The number of rotatable bonds is 1. The molecule has 1 aliphatic heterocycles. The summed E-state index contributed by atoms with van der Waals surface area (Å²) in [7, 11) is 0. The summed E-state index contributed by atoms with van der Waals surface area (Å²) in [5, 5.41) is 0.750. The topological polar surface area (TPSA) is 37.4 Å². The summed E-state index contributed by atoms with van der Waals surface area (Å²) >= 11 is 11.9. The zero-order valence-electron chi connectivity index (χ0n) is 11.8. The third kappa shape index (κ3) is 2.29. The number of hydrogen-bond acceptors (Lipinski definition) is 2. The van der Waals surface area contributed by atoms with E-state index in [2.05, 4.69) is 0 Å². The van der Waals surface area contributed by atoms with Gasteiger partial charge in [0.1, 0.15) is 0 Å². The van der Waals surface area contributed by atoms with Crippen molar-refractivity contribution in [3.63, 3.8) is 0 Å². The van der Waals surface area contributed by atoms with E-state index < -0.39 is 0 Å². The quantitative estimate of drug-likeness (QED) is 0.573. The van der Waals surface area contributed by atoms with E-state index in [1.165, 1.54) is 16.0 Å². The highest BCUT2D eigenvalue weighted by Crippen LogP contribution is 2.42. The molecule has 0 bridgehead atoms. The van der Waals surface area contributed by atoms with Gasteiger partial charge in [0.2, 0.25) is 11.8 Å². The number of hydrogen-bond donors (Lipinski definition) is 0. The van der Waals surface area contributed by atoms with Crippen LogP contribution in [0.1, 0.15) is 26.7 Å². The molecule has 1 aromatic carbocycles. The van der Waals surface area contributed by atoms with Crippen molar-refractivity contribution in [1.29, 1.82) is 0 Å². The molecular formula is C16H15Cl2NO2. The van der Waals surface area contributed by atoms with Gasteiger partial charge in [-0.3, -0.25) is 9.59 Å². The van der Waals surface area contributed by atoms with E-state index in [9.17, 15) is 9.59 Å². The maximum absolute atomic E-state index is 12.6. The van der Waals surface area contributed by atoms with Gasteiger partial charge >= 0.3 is 0 Å². The zero-order valence-corrected chi connectivity index (χ0v) is 13.3. The number of nitrogens with zero attached hydrogens (tertiary/aromatic N) is 1. The Hall–Kier alpha value is -1.32. The molecule has 21 heavy (non-hydrogen) atoms. The molecule has 1 aliphatic carbocycles. The van der Waals surface area contributed by atoms with E-state index in [0.717, 1.165) is 0 Å². The molecule has 1 aromatic rings. The molecule has 3 rings (SSSR count). The van der Waals surface area contributed by atoms with Crippen LogP contribution in [0.2, 0.25) is 10.0 Å². The smallest absolute Gasteiger partial charge is 0.238 e. The van der Waals surface area contributed by atoms with Gasteiger partial charge in [0.25, 0.3) is 0 Å². The molecule has 2 amide bonds. The second-order valence-corrected chi connectivity index (χ2v) is 6.61. The third-order valence-electron chi connectivity index (χ3n) is 4.50. The first-order valence-corrected chi connectivity index (χ1v) is 7.64. The summed E-state index contributed by atoms with van der Waals surface area (Å²) in [5.74, 6) is -0.739. The molecule has 0 radical (unpaired) electrons. The molecule has 2 unspecified atom stereocenters. The highest BCUT2D eigenvalue weighted by molar-refractivity contribution is 6.42. The number of allylic oxidation sites excluding steroid dienone is 2. The Morgan fingerprint density at radius 3 is 1.95 bits per heavy atom. The average molecular weight is 324 g/mol. The molecule has 2 atom stereocenters. The standard InChI is InChI=1S/C16H15Cl2NO2/c1-8-5-11-12(6-9(8)2)16(21)19(15(11)20)10-3-4-13(17)14(18)7-10/h3-4,7,11-12H,5-6H2,1-2H3. The Bertz CT molecular complexity index is 649. The second-order valence-electron chi connectivity index (χ2n) is 5.79. The van der Waals surface area contributed by atoms with Crippen LogP contribution in [-0.4, -0.2) is 11.8 Å². The Morgan fingerprint density at radius 1 is 0.952 bits per heavy atom. The predicted molar refractivity (Wildman–Crippen MR) is 83.5 cm³/mol. The second kappa shape index (κ2) is 5.15. The molecule has 0 spiro atoms. The van der Waals surface area contributed by atoms with Gasteiger partial charge in [0.05, 0.1) is 27.6 Å². The maximum Gasteiger partial charge on any atom is 0.238 e. The summed E-state index contributed by atoms with van der Waals surface area (Å²) in [4.78, 5) is 26.5. The van der Waals surface area contributed by atoms with Gasteiger partial charge in [-0.15, -0.1) is 0 Å². The largest absolute Gasteiger partial charge is 0.274 e. The minimum absolute atomic E-state index is 0.129. The molecule has 1 fully saturated rings. The van der Waals surface area contributed by atoms with Crippen LogP contribution in [0.4, 0.5) is 5.69 Å². The van der Waals surface area contributed by atoms with Gasteiger partial charge in [0.15, 0.2) is 0 Å². The Labute approximate surface area is 133 Å². The predicted octanol–water partition coefficient (Wildman–Crippen LogP) is 4.23. The molecule has 2 aliphatic rings. The summed E-state index contributed by atoms with van der Waals surface area (Å²) < 4.78 is 0. The van der Waals surface area contributed by atoms with Crippen LogP contribution < -0.4 is 4.90 Å². The number of halogens is 2. The van der Waals surface area contributed by atoms with Crippen molar-refractivity contribution in [2.45, 2.75) is 26.7 Å². The number of anilines is 1. The van der Waals surface area contributed by atoms with E-state index in [1.54, 1.807) is 18.2 Å². The molecule has 5 heteroatoms. The lowest BCUT2D eigenvalue weighted by Gasteiger charge is -2.23. The fourth-order valence-electron chi connectivity index (χ4n) is 3.13. The number of imide groups is 1. The highest BCUT2D eigenvalue weighted by Gasteiger charge is 2.49. The van der Waals surface area contributed by atoms with Gasteiger partial charge < -0.3 is 0 Å². The number of carbonyl (C=O) groups excluding carboxylic acids is 2. The third-order valence-corrected chi connectivity index (χ3v) is 5.24. The first-order chi connectivity index (χ1) is 9.90. The van der Waals surface area contributed by atoms with E-state index in [4.69, 9.17) is 23.2 Å². The van der Waals surface area contributed by atoms with Crippen LogP contribution in [0.25, 0.3) is 0 Å². The van der Waals surface area contributed by atoms with E-state index in [1.807, 2.05) is 13.8 Å². The molecule has 0 N–H and O–H groups in total. The molecule has 110 valence electrons. The first kappa shape index (κ1) is 14.6. The van der Waals surface area contributed by atoms with Gasteiger partial charge in [0, 0.05) is 0 Å². The van der Waals surface area contributed by atoms with Crippen molar-refractivity contribution in [2.24, 2.45) is 11.8 Å². The normalized spacial score (nSPS) is 25.6. The van der Waals surface area contributed by atoms with Crippen molar-refractivity contribution in [2.75, 3.05) is 4.90 Å². The van der Waals surface area contributed by atoms with Gasteiger partial charge in [-0.05, 0) is 44.9 Å². The molecular weight excluding hydrogens is 309 g/mol. The fourth-order valence-corrected chi connectivity index (χ4v) is 3.42. The SMILES string of the molecule is CC1=C(C)CC2C(=O)N(c3ccc(Cl)c(Cl)c3)C(=O)C2C1. The molecule has 0 aromatic heterocycles. The summed E-state index contributed by atoms with van der Waals surface area (Å²) in [6.07, 6.45) is 1.33. The maximum atomic E-state index is 12.6. The minimum Gasteiger partial charge on any atom is -0.274 e. The van der Waals surface area contributed by atoms with Crippen LogP contribution in [0.15, 0.2) is 29.3 Å². The van der Waals surface area contributed by atoms with E-state index >= 15 is 0 Å². The monoisotopic (exact) mass is 323 g/mol. The van der Waals surface area contributed by atoms with Crippen LogP contribution in [0, 0.1) is 11.8 Å². The summed E-state index contributed by atoms with van der Waals surface area (Å²) in [6, 6.07) is 4.84. The molecule has 1 heterocycles. The lowest BCUT2D eigenvalue weighted by Crippen LogP contribution is -2.30.